The molecule has 5 N–H and O–H groups in total. The minimum Gasteiger partial charge on any atom is -0.377 e. The molecule has 0 unspecified atom stereocenters. The molecule has 0 fully saturated rings. The maximum atomic E-state index is 12.1. The van der Waals surface area contributed by atoms with Gasteiger partial charge in [-0.05, 0) is 19.3 Å². The SMILES string of the molecule is NC(=O)COCCOCCNC(=O)CCCS(=O)(=O)NC(=O)CCCCCCCCCCCCCCCc1nn[nH]n1. The molecule has 15 heteroatoms. The fourth-order valence-corrected chi connectivity index (χ4v) is 5.32. The summed E-state index contributed by atoms with van der Waals surface area (Å²) < 4.78 is 36.5. The molecule has 1 rings (SSSR count). The lowest BCUT2D eigenvalue weighted by molar-refractivity contribution is -0.123. The van der Waals surface area contributed by atoms with Gasteiger partial charge in [0.1, 0.15) is 6.61 Å². The highest BCUT2D eigenvalue weighted by Crippen LogP contribution is 2.13. The maximum Gasteiger partial charge on any atom is 0.243 e. The lowest BCUT2D eigenvalue weighted by Crippen LogP contribution is -2.33. The monoisotopic (exact) mass is 617 g/mol. The number of ether oxygens (including phenoxy) is 2. The van der Waals surface area contributed by atoms with E-state index in [1.54, 1.807) is 0 Å². The van der Waals surface area contributed by atoms with Crippen LogP contribution in [0.25, 0.3) is 0 Å². The Morgan fingerprint density at radius 1 is 0.738 bits per heavy atom. The van der Waals surface area contributed by atoms with Crippen molar-refractivity contribution in [3.63, 3.8) is 0 Å². The molecular weight excluding hydrogens is 566 g/mol. The number of aryl methyl sites for hydroxylation is 1. The zero-order valence-electron chi connectivity index (χ0n) is 24.9. The van der Waals surface area contributed by atoms with E-state index in [1.165, 1.54) is 51.4 Å². The molecule has 0 radical (unpaired) electrons. The van der Waals surface area contributed by atoms with Gasteiger partial charge in [0.25, 0.3) is 0 Å². The molecule has 1 aromatic rings. The van der Waals surface area contributed by atoms with Crippen LogP contribution in [0.4, 0.5) is 0 Å². The van der Waals surface area contributed by atoms with Crippen molar-refractivity contribution in [3.05, 3.63) is 5.82 Å². The van der Waals surface area contributed by atoms with Crippen LogP contribution < -0.4 is 15.8 Å². The van der Waals surface area contributed by atoms with E-state index in [0.717, 1.165) is 37.9 Å². The number of aromatic amines is 1. The number of tetrazole rings is 1. The molecule has 0 saturated heterocycles. The molecule has 0 aliphatic rings. The first kappa shape index (κ1) is 37.4. The van der Waals surface area contributed by atoms with E-state index in [9.17, 15) is 22.8 Å². The zero-order chi connectivity index (χ0) is 30.7. The summed E-state index contributed by atoms with van der Waals surface area (Å²) in [6, 6.07) is 0. The van der Waals surface area contributed by atoms with Crippen molar-refractivity contribution in [1.29, 1.82) is 0 Å². The van der Waals surface area contributed by atoms with Gasteiger partial charge < -0.3 is 20.5 Å². The van der Waals surface area contributed by atoms with Crippen molar-refractivity contribution in [2.45, 2.75) is 109 Å². The van der Waals surface area contributed by atoms with Crippen LogP contribution in [0.2, 0.25) is 0 Å². The lowest BCUT2D eigenvalue weighted by atomic mass is 10.0. The number of nitrogens with zero attached hydrogens (tertiary/aromatic N) is 3. The lowest BCUT2D eigenvalue weighted by Gasteiger charge is -2.08. The maximum absolute atomic E-state index is 12.1. The predicted molar refractivity (Wildman–Crippen MR) is 158 cm³/mol. The third kappa shape index (κ3) is 24.0. The van der Waals surface area contributed by atoms with Crippen LogP contribution >= 0.6 is 0 Å². The van der Waals surface area contributed by atoms with Crippen LogP contribution in [-0.4, -0.2) is 85.5 Å². The Kier molecular flexibility index (Phi) is 22.2. The molecular formula is C27H51N7O7S. The van der Waals surface area contributed by atoms with Crippen LogP contribution in [0.15, 0.2) is 0 Å². The minimum absolute atomic E-state index is 0.0282. The highest BCUT2D eigenvalue weighted by Gasteiger charge is 2.15. The van der Waals surface area contributed by atoms with Gasteiger partial charge in [-0.2, -0.15) is 5.21 Å². The highest BCUT2D eigenvalue weighted by molar-refractivity contribution is 7.90. The number of carbonyl (C=O) groups is 3. The molecule has 0 aromatic carbocycles. The summed E-state index contributed by atoms with van der Waals surface area (Å²) in [6.07, 6.45) is 16.0. The number of hydrogen-bond donors (Lipinski definition) is 4. The average molecular weight is 618 g/mol. The van der Waals surface area contributed by atoms with E-state index in [1.807, 2.05) is 0 Å². The number of nitrogens with two attached hydrogens (primary N) is 1. The summed E-state index contributed by atoms with van der Waals surface area (Å²) >= 11 is 0. The van der Waals surface area contributed by atoms with E-state index in [0.29, 0.717) is 6.42 Å². The quantitative estimate of drug-likeness (QED) is 0.0962. The Labute approximate surface area is 250 Å². The molecule has 0 saturated carbocycles. The number of rotatable bonds is 29. The Morgan fingerprint density at radius 2 is 1.31 bits per heavy atom. The molecule has 0 aliphatic heterocycles. The number of aromatic nitrogens is 4. The molecule has 0 bridgehead atoms. The van der Waals surface area contributed by atoms with Gasteiger partial charge in [-0.15, -0.1) is 10.2 Å². The molecule has 3 amide bonds. The number of hydrogen-bond acceptors (Lipinski definition) is 10. The van der Waals surface area contributed by atoms with Gasteiger partial charge in [-0.25, -0.2) is 8.42 Å². The summed E-state index contributed by atoms with van der Waals surface area (Å²) in [6.45, 7) is 0.830. The van der Waals surface area contributed by atoms with Crippen molar-refractivity contribution < 1.29 is 32.3 Å². The topological polar surface area (TPSA) is 208 Å². The summed E-state index contributed by atoms with van der Waals surface area (Å²) in [5.74, 6) is -0.844. The molecule has 1 heterocycles. The number of primary amides is 1. The Balaban J connectivity index is 1.86. The van der Waals surface area contributed by atoms with Crippen molar-refractivity contribution in [2.75, 3.05) is 38.7 Å². The van der Waals surface area contributed by atoms with E-state index < -0.39 is 21.8 Å². The molecule has 242 valence electrons. The van der Waals surface area contributed by atoms with Crippen LogP contribution in [0.1, 0.15) is 109 Å². The zero-order valence-corrected chi connectivity index (χ0v) is 25.8. The van der Waals surface area contributed by atoms with Crippen molar-refractivity contribution in [3.8, 4) is 0 Å². The van der Waals surface area contributed by atoms with Crippen LogP contribution in [-0.2, 0) is 40.3 Å². The summed E-state index contributed by atoms with van der Waals surface area (Å²) in [7, 11) is -3.76. The molecule has 1 aromatic heterocycles. The van der Waals surface area contributed by atoms with Gasteiger partial charge in [-0.1, -0.05) is 75.8 Å². The van der Waals surface area contributed by atoms with Gasteiger partial charge in [-0.3, -0.25) is 19.1 Å². The second kappa shape index (κ2) is 24.9. The van der Waals surface area contributed by atoms with Gasteiger partial charge in [0, 0.05) is 25.8 Å². The average Bonchev–Trinajstić information content (AvgIpc) is 3.45. The third-order valence-electron chi connectivity index (χ3n) is 6.46. The molecule has 0 atom stereocenters. The fourth-order valence-electron chi connectivity index (χ4n) is 4.24. The molecule has 0 spiro atoms. The smallest absolute Gasteiger partial charge is 0.243 e. The first-order valence-electron chi connectivity index (χ1n) is 15.2. The largest absolute Gasteiger partial charge is 0.377 e. The Hall–Kier alpha value is -2.65. The number of unbranched alkanes of at least 4 members (excludes halogenated alkanes) is 12. The van der Waals surface area contributed by atoms with Crippen LogP contribution in [0, 0.1) is 0 Å². The number of nitrogens with one attached hydrogen (secondary N) is 3. The number of amides is 3. The second-order valence-corrected chi connectivity index (χ2v) is 12.2. The summed E-state index contributed by atoms with van der Waals surface area (Å²) in [5.41, 5.74) is 4.93. The van der Waals surface area contributed by atoms with Crippen LogP contribution in [0.5, 0.6) is 0 Å². The Bertz CT molecular complexity index is 947. The fraction of sp³-hybridized carbons (Fsp3) is 0.852. The van der Waals surface area contributed by atoms with Gasteiger partial charge in [0.2, 0.25) is 27.7 Å². The normalized spacial score (nSPS) is 11.4. The molecule has 14 nitrogen and oxygen atoms in total. The molecule has 0 aliphatic carbocycles. The Morgan fingerprint density at radius 3 is 1.90 bits per heavy atom. The van der Waals surface area contributed by atoms with Crippen molar-refractivity contribution in [2.24, 2.45) is 5.73 Å². The number of sulfonamides is 1. The minimum atomic E-state index is -3.76. The first-order chi connectivity index (χ1) is 20.3. The van der Waals surface area contributed by atoms with E-state index in [2.05, 4.69) is 30.7 Å². The summed E-state index contributed by atoms with van der Waals surface area (Å²) in [4.78, 5) is 34.3. The van der Waals surface area contributed by atoms with E-state index in [-0.39, 0.29) is 63.9 Å². The number of H-pyrrole nitrogens is 1. The predicted octanol–water partition coefficient (Wildman–Crippen LogP) is 2.06. The molecule has 42 heavy (non-hydrogen) atoms. The van der Waals surface area contributed by atoms with E-state index in [4.69, 9.17) is 15.2 Å². The second-order valence-electron chi connectivity index (χ2n) is 10.4. The van der Waals surface area contributed by atoms with Gasteiger partial charge in [0.15, 0.2) is 5.82 Å². The first-order valence-corrected chi connectivity index (χ1v) is 16.9. The van der Waals surface area contributed by atoms with E-state index >= 15 is 0 Å². The number of carbonyl (C=O) groups excluding carboxylic acids is 3. The standard InChI is InChI=1S/C27H51N7O7S/c28-24(35)23-41-21-20-40-19-18-29-26(36)17-14-22-42(38,39)32-27(37)16-13-11-9-7-5-3-1-2-4-6-8-10-12-15-25-30-33-34-31-25/h1-23H2,(H2,28,35)(H,29,36)(H,32,37)(H,30,31,33,34). The summed E-state index contributed by atoms with van der Waals surface area (Å²) in [5, 5.41) is 16.6. The van der Waals surface area contributed by atoms with Crippen LogP contribution in [0.3, 0.4) is 0 Å². The van der Waals surface area contributed by atoms with Gasteiger partial charge in [0.05, 0.1) is 25.6 Å². The highest BCUT2D eigenvalue weighted by atomic mass is 32.2. The van der Waals surface area contributed by atoms with Gasteiger partial charge >= 0.3 is 0 Å². The third-order valence-corrected chi connectivity index (χ3v) is 7.83. The van der Waals surface area contributed by atoms with Crippen molar-refractivity contribution in [1.82, 2.24) is 30.7 Å². The van der Waals surface area contributed by atoms with Crippen molar-refractivity contribution >= 4 is 27.7 Å².